The van der Waals surface area contributed by atoms with Crippen LogP contribution in [0.4, 0.5) is 5.69 Å². The van der Waals surface area contributed by atoms with Gasteiger partial charge in [0.15, 0.2) is 0 Å². The highest BCUT2D eigenvalue weighted by Crippen LogP contribution is 2.24. The maximum absolute atomic E-state index is 12.7. The van der Waals surface area contributed by atoms with Crippen molar-refractivity contribution in [3.63, 3.8) is 0 Å². The molecule has 162 valence electrons. The number of anilines is 1. The zero-order valence-corrected chi connectivity index (χ0v) is 18.6. The van der Waals surface area contributed by atoms with Gasteiger partial charge in [-0.1, -0.05) is 18.2 Å². The van der Waals surface area contributed by atoms with Gasteiger partial charge >= 0.3 is 5.97 Å². The number of ether oxygens (including phenoxy) is 1. The molecule has 1 amide bonds. The van der Waals surface area contributed by atoms with E-state index in [4.69, 9.17) is 4.74 Å². The lowest BCUT2D eigenvalue weighted by Crippen LogP contribution is -2.13. The second-order valence-electron chi connectivity index (χ2n) is 7.43. The van der Waals surface area contributed by atoms with Crippen molar-refractivity contribution in [2.45, 2.75) is 27.7 Å². The standard InChI is InChI=1S/C26H25N3O3/c1-5-32-26(31)20-9-7-11-24(15-20)29-18(3)13-21(19(29)4)14-22(16-27)25(30)28-23-10-6-8-17(2)12-23/h6-15H,5H2,1-4H3,(H,28,30)/b22-14-. The van der Waals surface area contributed by atoms with Crippen LogP contribution in [0.25, 0.3) is 11.8 Å². The van der Waals surface area contributed by atoms with E-state index in [2.05, 4.69) is 5.32 Å². The number of rotatable bonds is 6. The van der Waals surface area contributed by atoms with Crippen LogP contribution < -0.4 is 5.32 Å². The number of benzene rings is 2. The largest absolute Gasteiger partial charge is 0.462 e. The molecule has 1 heterocycles. The molecule has 1 N–H and O–H groups in total. The number of hydrogen-bond donors (Lipinski definition) is 1. The highest BCUT2D eigenvalue weighted by atomic mass is 16.5. The van der Waals surface area contributed by atoms with E-state index in [1.807, 2.05) is 61.7 Å². The van der Waals surface area contributed by atoms with Crippen LogP contribution in [0, 0.1) is 32.1 Å². The third-order valence-corrected chi connectivity index (χ3v) is 5.03. The molecule has 1 aromatic heterocycles. The normalized spacial score (nSPS) is 11.0. The maximum atomic E-state index is 12.7. The van der Waals surface area contributed by atoms with Gasteiger partial charge in [0, 0.05) is 22.8 Å². The second kappa shape index (κ2) is 9.80. The van der Waals surface area contributed by atoms with E-state index in [1.165, 1.54) is 0 Å². The first-order valence-electron chi connectivity index (χ1n) is 10.3. The summed E-state index contributed by atoms with van der Waals surface area (Å²) in [6.07, 6.45) is 1.58. The number of hydrogen-bond acceptors (Lipinski definition) is 4. The molecule has 0 saturated heterocycles. The van der Waals surface area contributed by atoms with Gasteiger partial charge in [0.05, 0.1) is 12.2 Å². The zero-order valence-electron chi connectivity index (χ0n) is 18.6. The molecule has 6 nitrogen and oxygen atoms in total. The number of carbonyl (C=O) groups is 2. The summed E-state index contributed by atoms with van der Waals surface area (Å²) in [5.41, 5.74) is 5.42. The fraction of sp³-hybridized carbons (Fsp3) is 0.192. The number of nitrogens with one attached hydrogen (secondary N) is 1. The molecule has 0 saturated carbocycles. The predicted octanol–water partition coefficient (Wildman–Crippen LogP) is 5.12. The molecular weight excluding hydrogens is 402 g/mol. The van der Waals surface area contributed by atoms with Crippen molar-refractivity contribution in [1.82, 2.24) is 4.57 Å². The third kappa shape index (κ3) is 4.96. The van der Waals surface area contributed by atoms with Crippen molar-refractivity contribution in [1.29, 1.82) is 5.26 Å². The predicted molar refractivity (Wildman–Crippen MR) is 125 cm³/mol. The highest BCUT2D eigenvalue weighted by molar-refractivity contribution is 6.09. The monoisotopic (exact) mass is 427 g/mol. The Bertz CT molecular complexity index is 1250. The Balaban J connectivity index is 1.93. The number of esters is 1. The lowest BCUT2D eigenvalue weighted by atomic mass is 10.1. The first-order chi connectivity index (χ1) is 15.3. The molecule has 0 aliphatic rings. The van der Waals surface area contributed by atoms with Crippen LogP contribution in [-0.4, -0.2) is 23.1 Å². The zero-order chi connectivity index (χ0) is 23.3. The first-order valence-corrected chi connectivity index (χ1v) is 10.3. The average molecular weight is 428 g/mol. The van der Waals surface area contributed by atoms with E-state index >= 15 is 0 Å². The van der Waals surface area contributed by atoms with Crippen molar-refractivity contribution in [2.75, 3.05) is 11.9 Å². The van der Waals surface area contributed by atoms with E-state index in [9.17, 15) is 14.9 Å². The molecule has 6 heteroatoms. The highest BCUT2D eigenvalue weighted by Gasteiger charge is 2.15. The van der Waals surface area contributed by atoms with Crippen molar-refractivity contribution >= 4 is 23.6 Å². The number of aromatic nitrogens is 1. The van der Waals surface area contributed by atoms with E-state index in [1.54, 1.807) is 37.3 Å². The fourth-order valence-electron chi connectivity index (χ4n) is 3.54. The van der Waals surface area contributed by atoms with Gasteiger partial charge in [-0.25, -0.2) is 4.79 Å². The molecule has 3 aromatic rings. The summed E-state index contributed by atoms with van der Waals surface area (Å²) >= 11 is 0. The van der Waals surface area contributed by atoms with Crippen LogP contribution >= 0.6 is 0 Å². The molecule has 0 atom stereocenters. The molecular formula is C26H25N3O3. The molecule has 0 fully saturated rings. The first kappa shape index (κ1) is 22.6. The van der Waals surface area contributed by atoms with Gasteiger partial charge in [-0.05, 0) is 81.3 Å². The Kier molecular flexibility index (Phi) is 6.91. The summed E-state index contributed by atoms with van der Waals surface area (Å²) < 4.78 is 7.07. The van der Waals surface area contributed by atoms with Gasteiger partial charge in [0.25, 0.3) is 5.91 Å². The Hall–Kier alpha value is -4.11. The SMILES string of the molecule is CCOC(=O)c1cccc(-n2c(C)cc(/C=C(/C#N)C(=O)Nc3cccc(C)c3)c2C)c1. The lowest BCUT2D eigenvalue weighted by molar-refractivity contribution is -0.112. The molecule has 0 aliphatic carbocycles. The number of nitriles is 1. The van der Waals surface area contributed by atoms with E-state index in [0.29, 0.717) is 17.9 Å². The van der Waals surface area contributed by atoms with Crippen molar-refractivity contribution < 1.29 is 14.3 Å². The van der Waals surface area contributed by atoms with Crippen LogP contribution in [0.15, 0.2) is 60.2 Å². The van der Waals surface area contributed by atoms with E-state index in [0.717, 1.165) is 28.2 Å². The van der Waals surface area contributed by atoms with Crippen LogP contribution in [-0.2, 0) is 9.53 Å². The van der Waals surface area contributed by atoms with Crippen LogP contribution in [0.2, 0.25) is 0 Å². The third-order valence-electron chi connectivity index (χ3n) is 5.03. The smallest absolute Gasteiger partial charge is 0.338 e. The molecule has 2 aromatic carbocycles. The molecule has 3 rings (SSSR count). The van der Waals surface area contributed by atoms with E-state index < -0.39 is 5.91 Å². The van der Waals surface area contributed by atoms with Crippen LogP contribution in [0.5, 0.6) is 0 Å². The Morgan fingerprint density at radius 2 is 1.84 bits per heavy atom. The van der Waals surface area contributed by atoms with Crippen LogP contribution in [0.1, 0.15) is 39.8 Å². The van der Waals surface area contributed by atoms with Gasteiger partial charge in [-0.3, -0.25) is 4.79 Å². The minimum atomic E-state index is -0.466. The quantitative estimate of drug-likeness (QED) is 0.336. The summed E-state index contributed by atoms with van der Waals surface area (Å²) in [5.74, 6) is -0.844. The average Bonchev–Trinajstić information content (AvgIpc) is 3.05. The Morgan fingerprint density at radius 1 is 1.09 bits per heavy atom. The minimum Gasteiger partial charge on any atom is -0.462 e. The van der Waals surface area contributed by atoms with Gasteiger partial charge in [0.2, 0.25) is 0 Å². The summed E-state index contributed by atoms with van der Waals surface area (Å²) in [7, 11) is 0. The number of aryl methyl sites for hydroxylation is 2. The molecule has 0 radical (unpaired) electrons. The van der Waals surface area contributed by atoms with Crippen molar-refractivity contribution in [3.8, 4) is 11.8 Å². The van der Waals surface area contributed by atoms with Gasteiger partial charge < -0.3 is 14.6 Å². The van der Waals surface area contributed by atoms with Gasteiger partial charge in [-0.15, -0.1) is 0 Å². The molecule has 0 unspecified atom stereocenters. The fourth-order valence-corrected chi connectivity index (χ4v) is 3.54. The number of carbonyl (C=O) groups excluding carboxylic acids is 2. The minimum absolute atomic E-state index is 0.00651. The second-order valence-corrected chi connectivity index (χ2v) is 7.43. The molecule has 0 spiro atoms. The summed E-state index contributed by atoms with van der Waals surface area (Å²) in [5, 5.41) is 12.4. The number of nitrogens with zero attached hydrogens (tertiary/aromatic N) is 2. The van der Waals surface area contributed by atoms with E-state index in [-0.39, 0.29) is 11.5 Å². The van der Waals surface area contributed by atoms with Crippen LogP contribution in [0.3, 0.4) is 0 Å². The number of amides is 1. The van der Waals surface area contributed by atoms with Gasteiger partial charge in [0.1, 0.15) is 11.6 Å². The lowest BCUT2D eigenvalue weighted by Gasteiger charge is -2.11. The maximum Gasteiger partial charge on any atom is 0.338 e. The molecule has 0 aliphatic heterocycles. The Labute approximate surface area is 187 Å². The van der Waals surface area contributed by atoms with Crippen molar-refractivity contribution in [3.05, 3.63) is 88.2 Å². The Morgan fingerprint density at radius 3 is 2.53 bits per heavy atom. The summed E-state index contributed by atoms with van der Waals surface area (Å²) in [6, 6.07) is 18.5. The van der Waals surface area contributed by atoms with Crippen molar-refractivity contribution in [2.24, 2.45) is 0 Å². The summed E-state index contributed by atoms with van der Waals surface area (Å²) in [6.45, 7) is 7.84. The van der Waals surface area contributed by atoms with Gasteiger partial charge in [-0.2, -0.15) is 5.26 Å². The summed E-state index contributed by atoms with van der Waals surface area (Å²) in [4.78, 5) is 24.8. The molecule has 32 heavy (non-hydrogen) atoms. The molecule has 0 bridgehead atoms. The topological polar surface area (TPSA) is 84.1 Å².